The lowest BCUT2D eigenvalue weighted by molar-refractivity contribution is -0.124. The van der Waals surface area contributed by atoms with Crippen LogP contribution in [0.4, 0.5) is 0 Å². The smallest absolute Gasteiger partial charge is 0.251 e. The molecule has 24 heavy (non-hydrogen) atoms. The van der Waals surface area contributed by atoms with E-state index in [1.807, 2.05) is 19.1 Å². The minimum Gasteiger partial charge on any atom is -0.354 e. The van der Waals surface area contributed by atoms with E-state index in [0.29, 0.717) is 18.0 Å². The van der Waals surface area contributed by atoms with Gasteiger partial charge in [-0.05, 0) is 56.8 Å². The predicted octanol–water partition coefficient (Wildman–Crippen LogP) is 1.87. The van der Waals surface area contributed by atoms with Crippen LogP contribution in [0.2, 0.25) is 0 Å². The van der Waals surface area contributed by atoms with E-state index in [0.717, 1.165) is 31.5 Å². The molecule has 5 heteroatoms. The molecule has 1 unspecified atom stereocenters. The van der Waals surface area contributed by atoms with Crippen molar-refractivity contribution in [2.24, 2.45) is 11.8 Å². The number of benzene rings is 1. The van der Waals surface area contributed by atoms with Crippen LogP contribution < -0.4 is 16.0 Å². The second-order valence-electron chi connectivity index (χ2n) is 7.04. The molecule has 1 aromatic rings. The van der Waals surface area contributed by atoms with Crippen LogP contribution in [-0.4, -0.2) is 37.5 Å². The van der Waals surface area contributed by atoms with Gasteiger partial charge in [-0.1, -0.05) is 31.5 Å². The van der Waals surface area contributed by atoms with E-state index >= 15 is 0 Å². The Kier molecular flexibility index (Phi) is 6.79. The summed E-state index contributed by atoms with van der Waals surface area (Å²) in [5.74, 6) is 0.303. The van der Waals surface area contributed by atoms with Gasteiger partial charge < -0.3 is 16.0 Å². The summed E-state index contributed by atoms with van der Waals surface area (Å²) < 4.78 is 0. The van der Waals surface area contributed by atoms with Crippen molar-refractivity contribution in [3.63, 3.8) is 0 Å². The highest BCUT2D eigenvalue weighted by atomic mass is 16.2. The Morgan fingerprint density at radius 3 is 2.38 bits per heavy atom. The molecule has 1 fully saturated rings. The summed E-state index contributed by atoms with van der Waals surface area (Å²) in [5.41, 5.74) is 1.70. The Labute approximate surface area is 144 Å². The van der Waals surface area contributed by atoms with Gasteiger partial charge in [-0.2, -0.15) is 0 Å². The zero-order valence-corrected chi connectivity index (χ0v) is 14.9. The van der Waals surface area contributed by atoms with Gasteiger partial charge in [0, 0.05) is 12.1 Å². The van der Waals surface area contributed by atoms with Crippen molar-refractivity contribution >= 4 is 11.8 Å². The van der Waals surface area contributed by atoms with Crippen LogP contribution in [-0.2, 0) is 4.79 Å². The fourth-order valence-corrected chi connectivity index (χ4v) is 2.92. The molecule has 1 heterocycles. The van der Waals surface area contributed by atoms with Crippen LogP contribution in [0.15, 0.2) is 24.3 Å². The molecule has 3 N–H and O–H groups in total. The third-order valence-corrected chi connectivity index (χ3v) is 4.42. The monoisotopic (exact) mass is 331 g/mol. The zero-order valence-electron chi connectivity index (χ0n) is 14.9. The molecule has 0 bridgehead atoms. The van der Waals surface area contributed by atoms with Crippen LogP contribution in [0.3, 0.4) is 0 Å². The number of aryl methyl sites for hydroxylation is 1. The number of nitrogens with one attached hydrogen (secondary N) is 3. The third-order valence-electron chi connectivity index (χ3n) is 4.42. The van der Waals surface area contributed by atoms with E-state index in [-0.39, 0.29) is 17.7 Å². The summed E-state index contributed by atoms with van der Waals surface area (Å²) in [7, 11) is 0. The van der Waals surface area contributed by atoms with Gasteiger partial charge in [-0.15, -0.1) is 0 Å². The first kappa shape index (κ1) is 18.5. The largest absolute Gasteiger partial charge is 0.354 e. The molecule has 0 aromatic heterocycles. The second-order valence-corrected chi connectivity index (χ2v) is 7.04. The van der Waals surface area contributed by atoms with E-state index in [1.54, 1.807) is 12.1 Å². The van der Waals surface area contributed by atoms with E-state index in [9.17, 15) is 9.59 Å². The summed E-state index contributed by atoms with van der Waals surface area (Å²) in [4.78, 5) is 25.2. The van der Waals surface area contributed by atoms with Crippen molar-refractivity contribution in [2.45, 2.75) is 39.7 Å². The van der Waals surface area contributed by atoms with Crippen LogP contribution in [0, 0.1) is 18.8 Å². The fourth-order valence-electron chi connectivity index (χ4n) is 2.92. The van der Waals surface area contributed by atoms with Gasteiger partial charge in [0.2, 0.25) is 5.91 Å². The minimum atomic E-state index is -0.473. The summed E-state index contributed by atoms with van der Waals surface area (Å²) in [6, 6.07) is 6.95. The molecule has 0 spiro atoms. The zero-order chi connectivity index (χ0) is 17.5. The average Bonchev–Trinajstić information content (AvgIpc) is 2.58. The fraction of sp³-hybridized carbons (Fsp3) is 0.579. The van der Waals surface area contributed by atoms with Gasteiger partial charge in [0.1, 0.15) is 6.04 Å². The highest BCUT2D eigenvalue weighted by Crippen LogP contribution is 2.17. The lowest BCUT2D eigenvalue weighted by Gasteiger charge is -2.30. The number of hydrogen-bond acceptors (Lipinski definition) is 3. The number of piperidine rings is 1. The Balaban J connectivity index is 2.07. The first-order chi connectivity index (χ1) is 11.5. The van der Waals surface area contributed by atoms with Gasteiger partial charge in [0.25, 0.3) is 5.91 Å². The molecule has 0 saturated carbocycles. The van der Waals surface area contributed by atoms with Crippen molar-refractivity contribution in [3.8, 4) is 0 Å². The van der Waals surface area contributed by atoms with Crippen LogP contribution in [0.1, 0.15) is 42.6 Å². The number of amides is 2. The SMILES string of the molecule is Cc1ccc(C(=O)NC(C(=O)NCC(C)C)C2CCNCC2)cc1. The van der Waals surface area contributed by atoms with Crippen molar-refractivity contribution in [1.82, 2.24) is 16.0 Å². The summed E-state index contributed by atoms with van der Waals surface area (Å²) >= 11 is 0. The number of carbonyl (C=O) groups excluding carboxylic acids is 2. The average molecular weight is 331 g/mol. The van der Waals surface area contributed by atoms with E-state index in [1.165, 1.54) is 0 Å². The van der Waals surface area contributed by atoms with E-state index in [2.05, 4.69) is 29.8 Å². The molecule has 2 rings (SSSR count). The van der Waals surface area contributed by atoms with Gasteiger partial charge >= 0.3 is 0 Å². The molecule has 2 amide bonds. The van der Waals surface area contributed by atoms with Crippen molar-refractivity contribution in [1.29, 1.82) is 0 Å². The number of rotatable bonds is 6. The standard InChI is InChI=1S/C19H29N3O2/c1-13(2)12-21-19(24)17(15-8-10-20-11-9-15)22-18(23)16-6-4-14(3)5-7-16/h4-7,13,15,17,20H,8-12H2,1-3H3,(H,21,24)(H,22,23). The molecule has 1 aromatic carbocycles. The molecule has 132 valence electrons. The Morgan fingerprint density at radius 1 is 1.17 bits per heavy atom. The van der Waals surface area contributed by atoms with Gasteiger partial charge in [-0.25, -0.2) is 0 Å². The molecule has 5 nitrogen and oxygen atoms in total. The number of hydrogen-bond donors (Lipinski definition) is 3. The highest BCUT2D eigenvalue weighted by Gasteiger charge is 2.31. The maximum Gasteiger partial charge on any atom is 0.251 e. The van der Waals surface area contributed by atoms with Crippen molar-refractivity contribution in [2.75, 3.05) is 19.6 Å². The molecule has 1 aliphatic rings. The topological polar surface area (TPSA) is 70.2 Å². The molecule has 1 atom stereocenters. The molecule has 0 aliphatic carbocycles. The minimum absolute atomic E-state index is 0.0731. The van der Waals surface area contributed by atoms with E-state index in [4.69, 9.17) is 0 Å². The molecule has 0 radical (unpaired) electrons. The maximum absolute atomic E-state index is 12.6. The van der Waals surface area contributed by atoms with Gasteiger partial charge in [-0.3, -0.25) is 9.59 Å². The third kappa shape index (κ3) is 5.34. The quantitative estimate of drug-likeness (QED) is 0.745. The Bertz CT molecular complexity index is 548. The molecule has 1 saturated heterocycles. The summed E-state index contributed by atoms with van der Waals surface area (Å²) in [6.07, 6.45) is 1.79. The first-order valence-corrected chi connectivity index (χ1v) is 8.83. The molecular formula is C19H29N3O2. The number of carbonyl (C=O) groups is 2. The summed E-state index contributed by atoms with van der Waals surface area (Å²) in [6.45, 7) is 8.51. The van der Waals surface area contributed by atoms with Crippen molar-refractivity contribution in [3.05, 3.63) is 35.4 Å². The lowest BCUT2D eigenvalue weighted by atomic mass is 9.89. The van der Waals surface area contributed by atoms with Crippen LogP contribution in [0.25, 0.3) is 0 Å². The van der Waals surface area contributed by atoms with Crippen LogP contribution >= 0.6 is 0 Å². The van der Waals surface area contributed by atoms with Gasteiger partial charge in [0.05, 0.1) is 0 Å². The van der Waals surface area contributed by atoms with Crippen molar-refractivity contribution < 1.29 is 9.59 Å². The molecular weight excluding hydrogens is 302 g/mol. The normalized spacial score (nSPS) is 16.7. The summed E-state index contributed by atoms with van der Waals surface area (Å²) in [5, 5.41) is 9.24. The van der Waals surface area contributed by atoms with Crippen LogP contribution in [0.5, 0.6) is 0 Å². The maximum atomic E-state index is 12.6. The first-order valence-electron chi connectivity index (χ1n) is 8.83. The highest BCUT2D eigenvalue weighted by molar-refractivity contribution is 5.97. The lowest BCUT2D eigenvalue weighted by Crippen LogP contribution is -2.53. The predicted molar refractivity (Wildman–Crippen MR) is 95.9 cm³/mol. The Hall–Kier alpha value is -1.88. The second kappa shape index (κ2) is 8.83. The Morgan fingerprint density at radius 2 is 1.79 bits per heavy atom. The molecule has 1 aliphatic heterocycles. The van der Waals surface area contributed by atoms with E-state index < -0.39 is 6.04 Å². The van der Waals surface area contributed by atoms with Gasteiger partial charge in [0.15, 0.2) is 0 Å².